The van der Waals surface area contributed by atoms with E-state index in [1.165, 1.54) is 12.1 Å². The molecule has 6 nitrogen and oxygen atoms in total. The largest absolute Gasteiger partial charge is 0.452 e. The molecule has 0 saturated carbocycles. The highest BCUT2D eigenvalue weighted by atomic mass is 16.3. The van der Waals surface area contributed by atoms with E-state index < -0.39 is 0 Å². The lowest BCUT2D eigenvalue weighted by Gasteiger charge is -2.01. The van der Waals surface area contributed by atoms with Crippen LogP contribution in [0.3, 0.4) is 0 Å². The van der Waals surface area contributed by atoms with Crippen LogP contribution in [-0.4, -0.2) is 20.6 Å². The first kappa shape index (κ1) is 10.4. The molecular weight excluding hydrogens is 232 g/mol. The van der Waals surface area contributed by atoms with Crippen molar-refractivity contribution in [3.8, 4) is 22.9 Å². The van der Waals surface area contributed by atoms with Crippen LogP contribution < -0.4 is 5.43 Å². The summed E-state index contributed by atoms with van der Waals surface area (Å²) in [5.74, 6) is 1.02. The Kier molecular flexibility index (Phi) is 2.45. The summed E-state index contributed by atoms with van der Waals surface area (Å²) in [6.07, 6.45) is 0. The van der Waals surface area contributed by atoms with Gasteiger partial charge < -0.3 is 4.42 Å². The third-order valence-corrected chi connectivity index (χ3v) is 2.39. The number of benzene rings is 1. The zero-order chi connectivity index (χ0) is 12.4. The lowest BCUT2D eigenvalue weighted by molar-refractivity contribution is 0.575. The van der Waals surface area contributed by atoms with Gasteiger partial charge in [-0.25, -0.2) is 0 Å². The van der Waals surface area contributed by atoms with Crippen molar-refractivity contribution < 1.29 is 4.42 Å². The predicted molar refractivity (Wildman–Crippen MR) is 63.6 cm³/mol. The van der Waals surface area contributed by atoms with Gasteiger partial charge >= 0.3 is 0 Å². The fraction of sp³-hybridized carbons (Fsp3) is 0. The Hall–Kier alpha value is -2.76. The minimum Gasteiger partial charge on any atom is -0.452 e. The Morgan fingerprint density at radius 3 is 2.56 bits per heavy atom. The summed E-state index contributed by atoms with van der Waals surface area (Å²) in [6.45, 7) is 0. The number of tetrazole rings is 1. The van der Waals surface area contributed by atoms with Crippen molar-refractivity contribution in [2.24, 2.45) is 0 Å². The lowest BCUT2D eigenvalue weighted by Crippen LogP contribution is -1.99. The number of rotatable bonds is 2. The van der Waals surface area contributed by atoms with E-state index in [1.54, 1.807) is 0 Å². The van der Waals surface area contributed by atoms with Gasteiger partial charge in [0.15, 0.2) is 11.2 Å². The first-order valence-electron chi connectivity index (χ1n) is 5.27. The Bertz CT molecular complexity index is 704. The molecule has 0 atom stereocenters. The Balaban J connectivity index is 2.15. The maximum atomic E-state index is 11.6. The van der Waals surface area contributed by atoms with Gasteiger partial charge in [-0.2, -0.15) is 5.21 Å². The molecule has 0 radical (unpaired) electrons. The first-order valence-corrected chi connectivity index (χ1v) is 5.27. The van der Waals surface area contributed by atoms with Crippen molar-refractivity contribution >= 4 is 0 Å². The SMILES string of the molecule is O=c1cc(-c2ccccc2)oc(-c2nn[nH]n2)c1. The van der Waals surface area contributed by atoms with Crippen LogP contribution >= 0.6 is 0 Å². The fourth-order valence-corrected chi connectivity index (χ4v) is 1.60. The van der Waals surface area contributed by atoms with Crippen LogP contribution in [0.2, 0.25) is 0 Å². The number of aromatic nitrogens is 4. The average Bonchev–Trinajstić information content (AvgIpc) is 2.93. The van der Waals surface area contributed by atoms with Gasteiger partial charge in [0.1, 0.15) is 5.76 Å². The highest BCUT2D eigenvalue weighted by molar-refractivity contribution is 5.59. The van der Waals surface area contributed by atoms with Gasteiger partial charge in [-0.05, 0) is 5.21 Å². The third-order valence-electron chi connectivity index (χ3n) is 2.39. The second kappa shape index (κ2) is 4.25. The summed E-state index contributed by atoms with van der Waals surface area (Å²) in [5, 5.41) is 13.3. The minimum atomic E-state index is -0.167. The number of aromatic amines is 1. The summed E-state index contributed by atoms with van der Waals surface area (Å²) in [6, 6.07) is 12.1. The standard InChI is InChI=1S/C12H8N4O2/c17-9-6-10(8-4-2-1-3-5-8)18-11(7-9)12-13-15-16-14-12/h1-7H,(H,13,14,15,16). The lowest BCUT2D eigenvalue weighted by atomic mass is 10.1. The van der Waals surface area contributed by atoms with Crippen LogP contribution in [0.1, 0.15) is 0 Å². The molecule has 0 bridgehead atoms. The van der Waals surface area contributed by atoms with Crippen molar-refractivity contribution in [2.75, 3.05) is 0 Å². The molecule has 0 aliphatic rings. The van der Waals surface area contributed by atoms with Crippen LogP contribution in [-0.2, 0) is 0 Å². The quantitative estimate of drug-likeness (QED) is 0.733. The highest BCUT2D eigenvalue weighted by Crippen LogP contribution is 2.21. The maximum Gasteiger partial charge on any atom is 0.239 e. The van der Waals surface area contributed by atoms with Crippen LogP contribution in [0.4, 0.5) is 0 Å². The Morgan fingerprint density at radius 1 is 1.06 bits per heavy atom. The van der Waals surface area contributed by atoms with E-state index in [4.69, 9.17) is 4.42 Å². The maximum absolute atomic E-state index is 11.6. The smallest absolute Gasteiger partial charge is 0.239 e. The average molecular weight is 240 g/mol. The molecule has 3 rings (SSSR count). The summed E-state index contributed by atoms with van der Waals surface area (Å²) in [5.41, 5.74) is 0.653. The van der Waals surface area contributed by atoms with Crippen molar-refractivity contribution in [3.05, 3.63) is 52.7 Å². The van der Waals surface area contributed by atoms with Gasteiger partial charge in [0, 0.05) is 17.7 Å². The van der Waals surface area contributed by atoms with E-state index in [0.29, 0.717) is 5.76 Å². The molecule has 18 heavy (non-hydrogen) atoms. The van der Waals surface area contributed by atoms with E-state index in [1.807, 2.05) is 30.3 Å². The van der Waals surface area contributed by atoms with E-state index >= 15 is 0 Å². The highest BCUT2D eigenvalue weighted by Gasteiger charge is 2.09. The number of nitrogens with one attached hydrogen (secondary N) is 1. The van der Waals surface area contributed by atoms with Gasteiger partial charge in [0.25, 0.3) is 0 Å². The van der Waals surface area contributed by atoms with Crippen LogP contribution in [0.25, 0.3) is 22.9 Å². The summed E-state index contributed by atoms with van der Waals surface area (Å²) in [7, 11) is 0. The zero-order valence-corrected chi connectivity index (χ0v) is 9.20. The van der Waals surface area contributed by atoms with E-state index in [0.717, 1.165) is 5.56 Å². The molecule has 0 unspecified atom stereocenters. The van der Waals surface area contributed by atoms with E-state index in [-0.39, 0.29) is 17.0 Å². The number of H-pyrrole nitrogens is 1. The first-order chi connectivity index (χ1) is 8.83. The molecule has 0 fully saturated rings. The molecule has 0 aliphatic heterocycles. The molecule has 1 aromatic carbocycles. The van der Waals surface area contributed by atoms with Crippen LogP contribution in [0.15, 0.2) is 51.7 Å². The molecule has 88 valence electrons. The van der Waals surface area contributed by atoms with Crippen molar-refractivity contribution in [2.45, 2.75) is 0 Å². The molecule has 0 spiro atoms. The fourth-order valence-electron chi connectivity index (χ4n) is 1.60. The molecule has 6 heteroatoms. The predicted octanol–water partition coefficient (Wildman–Crippen LogP) is 1.49. The molecule has 3 aromatic rings. The van der Waals surface area contributed by atoms with Crippen LogP contribution in [0.5, 0.6) is 0 Å². The molecule has 0 saturated heterocycles. The van der Waals surface area contributed by atoms with Crippen molar-refractivity contribution in [1.82, 2.24) is 20.6 Å². The summed E-state index contributed by atoms with van der Waals surface area (Å²) < 4.78 is 5.60. The van der Waals surface area contributed by atoms with Gasteiger partial charge in [0.2, 0.25) is 5.82 Å². The molecule has 0 amide bonds. The second-order valence-electron chi connectivity index (χ2n) is 3.62. The Morgan fingerprint density at radius 2 is 1.83 bits per heavy atom. The summed E-state index contributed by atoms with van der Waals surface area (Å²) >= 11 is 0. The number of hydrogen-bond acceptors (Lipinski definition) is 5. The van der Waals surface area contributed by atoms with E-state index in [2.05, 4.69) is 20.6 Å². The van der Waals surface area contributed by atoms with Gasteiger partial charge in [-0.1, -0.05) is 30.3 Å². The molecule has 2 heterocycles. The monoisotopic (exact) mass is 240 g/mol. The van der Waals surface area contributed by atoms with Crippen LogP contribution in [0, 0.1) is 0 Å². The van der Waals surface area contributed by atoms with E-state index in [9.17, 15) is 4.79 Å². The Labute approximate surface area is 101 Å². The second-order valence-corrected chi connectivity index (χ2v) is 3.62. The summed E-state index contributed by atoms with van der Waals surface area (Å²) in [4.78, 5) is 11.6. The molecule has 2 aromatic heterocycles. The van der Waals surface area contributed by atoms with Gasteiger partial charge in [-0.3, -0.25) is 4.79 Å². The zero-order valence-electron chi connectivity index (χ0n) is 9.20. The van der Waals surface area contributed by atoms with Gasteiger partial charge in [-0.15, -0.1) is 10.2 Å². The van der Waals surface area contributed by atoms with Gasteiger partial charge in [0.05, 0.1) is 0 Å². The number of hydrogen-bond donors (Lipinski definition) is 1. The van der Waals surface area contributed by atoms with Crippen molar-refractivity contribution in [1.29, 1.82) is 0 Å². The normalized spacial score (nSPS) is 10.4. The molecule has 1 N–H and O–H groups in total. The number of nitrogens with zero attached hydrogens (tertiary/aromatic N) is 3. The van der Waals surface area contributed by atoms with Crippen molar-refractivity contribution in [3.63, 3.8) is 0 Å². The topological polar surface area (TPSA) is 84.7 Å². The molecule has 0 aliphatic carbocycles. The molecular formula is C12H8N4O2. The third kappa shape index (κ3) is 1.91. The minimum absolute atomic E-state index is 0.167.